The summed E-state index contributed by atoms with van der Waals surface area (Å²) in [5.74, 6) is -0.491. The molecule has 0 aromatic carbocycles. The Bertz CT molecular complexity index is 468. The van der Waals surface area contributed by atoms with E-state index in [2.05, 4.69) is 15.6 Å². The molecule has 0 aliphatic heterocycles. The minimum absolute atomic E-state index is 0.0984. The number of pyridine rings is 1. The van der Waals surface area contributed by atoms with E-state index >= 15 is 0 Å². The molecule has 0 saturated carbocycles. The van der Waals surface area contributed by atoms with Gasteiger partial charge in [-0.05, 0) is 12.5 Å². The van der Waals surface area contributed by atoms with Crippen LogP contribution in [-0.4, -0.2) is 29.9 Å². The van der Waals surface area contributed by atoms with Gasteiger partial charge in [-0.2, -0.15) is 0 Å². The van der Waals surface area contributed by atoms with E-state index in [9.17, 15) is 14.4 Å². The molecule has 18 heavy (non-hydrogen) atoms. The Balaban J connectivity index is 2.34. The third-order valence-corrected chi connectivity index (χ3v) is 2.22. The van der Waals surface area contributed by atoms with Crippen molar-refractivity contribution in [2.45, 2.75) is 19.8 Å². The fraction of sp³-hybridized carbons (Fsp3) is 0.417. The quantitative estimate of drug-likeness (QED) is 0.665. The second-order valence-electron chi connectivity index (χ2n) is 3.78. The number of hydrogen-bond acceptors (Lipinski definition) is 3. The van der Waals surface area contributed by atoms with Gasteiger partial charge in [0.15, 0.2) is 0 Å². The molecule has 0 aliphatic carbocycles. The Kier molecular flexibility index (Phi) is 5.63. The maximum Gasteiger partial charge on any atom is 0.267 e. The van der Waals surface area contributed by atoms with Crippen LogP contribution in [0.2, 0.25) is 0 Å². The lowest BCUT2D eigenvalue weighted by Gasteiger charge is -2.05. The third-order valence-electron chi connectivity index (χ3n) is 2.22. The molecule has 0 unspecified atom stereocenters. The molecule has 0 atom stereocenters. The first-order chi connectivity index (χ1) is 8.63. The number of nitrogens with one attached hydrogen (secondary N) is 3. The van der Waals surface area contributed by atoms with Crippen LogP contribution >= 0.6 is 0 Å². The van der Waals surface area contributed by atoms with Crippen LogP contribution in [0.4, 0.5) is 0 Å². The largest absolute Gasteiger partial charge is 0.356 e. The van der Waals surface area contributed by atoms with E-state index in [4.69, 9.17) is 0 Å². The zero-order chi connectivity index (χ0) is 13.4. The van der Waals surface area contributed by atoms with E-state index in [0.717, 1.165) is 6.42 Å². The Morgan fingerprint density at radius 2 is 2.00 bits per heavy atom. The Morgan fingerprint density at radius 1 is 1.22 bits per heavy atom. The first-order valence-electron chi connectivity index (χ1n) is 5.87. The molecule has 1 aromatic rings. The van der Waals surface area contributed by atoms with Crippen LogP contribution in [0, 0.1) is 0 Å². The second-order valence-corrected chi connectivity index (χ2v) is 3.78. The van der Waals surface area contributed by atoms with E-state index in [1.807, 2.05) is 6.92 Å². The van der Waals surface area contributed by atoms with Crippen molar-refractivity contribution in [2.75, 3.05) is 13.1 Å². The molecular weight excluding hydrogens is 234 g/mol. The molecule has 0 radical (unpaired) electrons. The summed E-state index contributed by atoms with van der Waals surface area (Å²) in [4.78, 5) is 36.2. The van der Waals surface area contributed by atoms with Gasteiger partial charge in [-0.15, -0.1) is 0 Å². The van der Waals surface area contributed by atoms with Crippen molar-refractivity contribution < 1.29 is 9.59 Å². The number of aromatic amines is 1. The van der Waals surface area contributed by atoms with Gasteiger partial charge in [0.25, 0.3) is 5.91 Å². The molecule has 3 N–H and O–H groups in total. The lowest BCUT2D eigenvalue weighted by atomic mass is 10.3. The SMILES string of the molecule is CCCNC(=O)CCNC(=O)c1cccc(=O)[nH]1. The highest BCUT2D eigenvalue weighted by Crippen LogP contribution is 1.90. The molecule has 6 nitrogen and oxygen atoms in total. The normalized spacial score (nSPS) is 9.83. The summed E-state index contributed by atoms with van der Waals surface area (Å²) in [6.45, 7) is 2.85. The minimum atomic E-state index is -0.393. The number of H-pyrrole nitrogens is 1. The first-order valence-corrected chi connectivity index (χ1v) is 5.87. The van der Waals surface area contributed by atoms with Crippen molar-refractivity contribution in [1.29, 1.82) is 0 Å². The lowest BCUT2D eigenvalue weighted by Crippen LogP contribution is -2.32. The molecule has 2 amide bonds. The zero-order valence-corrected chi connectivity index (χ0v) is 10.3. The topological polar surface area (TPSA) is 91.1 Å². The molecule has 0 bridgehead atoms. The van der Waals surface area contributed by atoms with Crippen LogP contribution in [0.3, 0.4) is 0 Å². The van der Waals surface area contributed by atoms with Gasteiger partial charge in [-0.1, -0.05) is 13.0 Å². The molecular formula is C12H17N3O3. The highest BCUT2D eigenvalue weighted by Gasteiger charge is 2.06. The van der Waals surface area contributed by atoms with Gasteiger partial charge in [-0.25, -0.2) is 0 Å². The van der Waals surface area contributed by atoms with Crippen LogP contribution < -0.4 is 16.2 Å². The van der Waals surface area contributed by atoms with Crippen molar-refractivity contribution in [3.8, 4) is 0 Å². The summed E-state index contributed by atoms with van der Waals surface area (Å²) in [6.07, 6.45) is 1.10. The molecule has 0 saturated heterocycles. The Labute approximate surface area is 105 Å². The van der Waals surface area contributed by atoms with E-state index in [0.29, 0.717) is 6.54 Å². The second kappa shape index (κ2) is 7.26. The summed E-state index contributed by atoms with van der Waals surface area (Å²) >= 11 is 0. The van der Waals surface area contributed by atoms with Crippen LogP contribution in [-0.2, 0) is 4.79 Å². The van der Waals surface area contributed by atoms with Crippen LogP contribution in [0.1, 0.15) is 30.3 Å². The molecule has 0 fully saturated rings. The summed E-state index contributed by atoms with van der Waals surface area (Å²) in [5.41, 5.74) is -0.139. The molecule has 0 spiro atoms. The monoisotopic (exact) mass is 251 g/mol. The fourth-order valence-electron chi connectivity index (χ4n) is 1.32. The summed E-state index contributed by atoms with van der Waals surface area (Å²) in [5, 5.41) is 5.27. The highest BCUT2D eigenvalue weighted by molar-refractivity contribution is 5.92. The van der Waals surface area contributed by atoms with Gasteiger partial charge in [-0.3, -0.25) is 14.4 Å². The molecule has 98 valence electrons. The maximum absolute atomic E-state index is 11.6. The number of amides is 2. The number of carbonyl (C=O) groups is 2. The molecule has 1 rings (SSSR count). The number of aromatic nitrogens is 1. The lowest BCUT2D eigenvalue weighted by molar-refractivity contribution is -0.120. The average Bonchev–Trinajstić information content (AvgIpc) is 2.36. The van der Waals surface area contributed by atoms with Crippen molar-refractivity contribution >= 4 is 11.8 Å². The number of rotatable bonds is 6. The zero-order valence-electron chi connectivity index (χ0n) is 10.3. The fourth-order valence-corrected chi connectivity index (χ4v) is 1.32. The molecule has 1 heterocycles. The van der Waals surface area contributed by atoms with E-state index in [1.54, 1.807) is 0 Å². The highest BCUT2D eigenvalue weighted by atomic mass is 16.2. The minimum Gasteiger partial charge on any atom is -0.356 e. The average molecular weight is 251 g/mol. The smallest absolute Gasteiger partial charge is 0.267 e. The molecule has 6 heteroatoms. The maximum atomic E-state index is 11.6. The van der Waals surface area contributed by atoms with E-state index in [1.165, 1.54) is 18.2 Å². The summed E-state index contributed by atoms with van der Waals surface area (Å²) < 4.78 is 0. The van der Waals surface area contributed by atoms with Crippen molar-refractivity contribution in [2.24, 2.45) is 0 Å². The Hall–Kier alpha value is -2.11. The van der Waals surface area contributed by atoms with Crippen LogP contribution in [0.15, 0.2) is 23.0 Å². The van der Waals surface area contributed by atoms with Gasteiger partial charge in [0.1, 0.15) is 5.69 Å². The predicted octanol–water partition coefficient (Wildman–Crippen LogP) is 0.0210. The molecule has 0 aliphatic rings. The van der Waals surface area contributed by atoms with Gasteiger partial charge in [0.2, 0.25) is 11.5 Å². The van der Waals surface area contributed by atoms with Gasteiger partial charge < -0.3 is 15.6 Å². The first kappa shape index (κ1) is 14.0. The number of hydrogen-bond donors (Lipinski definition) is 3. The Morgan fingerprint density at radius 3 is 2.67 bits per heavy atom. The van der Waals surface area contributed by atoms with Gasteiger partial charge >= 0.3 is 0 Å². The molecule has 1 aromatic heterocycles. The van der Waals surface area contributed by atoms with Crippen molar-refractivity contribution in [3.05, 3.63) is 34.2 Å². The van der Waals surface area contributed by atoms with E-state index < -0.39 is 5.91 Å². The van der Waals surface area contributed by atoms with Crippen LogP contribution in [0.25, 0.3) is 0 Å². The summed E-state index contributed by atoms with van der Waals surface area (Å²) in [7, 11) is 0. The van der Waals surface area contributed by atoms with Crippen molar-refractivity contribution in [1.82, 2.24) is 15.6 Å². The standard InChI is InChI=1S/C12H17N3O3/c1-2-7-13-10(16)6-8-14-12(18)9-4-3-5-11(17)15-9/h3-5H,2,6-8H2,1H3,(H,13,16)(H,14,18)(H,15,17). The third kappa shape index (κ3) is 4.82. The van der Waals surface area contributed by atoms with Gasteiger partial charge in [0, 0.05) is 25.6 Å². The predicted molar refractivity (Wildman–Crippen MR) is 67.3 cm³/mol. The van der Waals surface area contributed by atoms with Crippen LogP contribution in [0.5, 0.6) is 0 Å². The van der Waals surface area contributed by atoms with Crippen molar-refractivity contribution in [3.63, 3.8) is 0 Å². The summed E-state index contributed by atoms with van der Waals surface area (Å²) in [6, 6.07) is 4.34. The van der Waals surface area contributed by atoms with E-state index in [-0.39, 0.29) is 30.1 Å². The number of carbonyl (C=O) groups excluding carboxylic acids is 2. The van der Waals surface area contributed by atoms with Gasteiger partial charge in [0.05, 0.1) is 0 Å².